The number of hydrogen-bond acceptors (Lipinski definition) is 0. The molecule has 0 aromatic heterocycles. The first-order valence-corrected chi connectivity index (χ1v) is 15.0. The van der Waals surface area contributed by atoms with E-state index in [2.05, 4.69) is 39.1 Å². The number of fused-ring (bicyclic) bond motifs is 2. The second kappa shape index (κ2) is 7.89. The van der Waals surface area contributed by atoms with E-state index in [0.29, 0.717) is 0 Å². The van der Waals surface area contributed by atoms with Crippen LogP contribution in [-0.4, -0.2) is 8.07 Å². The summed E-state index contributed by atoms with van der Waals surface area (Å²) in [5.74, 6) is 0. The molecule has 148 valence electrons. The molecule has 0 bridgehead atoms. The Morgan fingerprint density at radius 1 is 0.593 bits per heavy atom. The van der Waals surface area contributed by atoms with Crippen LogP contribution in [-0.2, 0) is 0 Å². The van der Waals surface area contributed by atoms with Crippen LogP contribution in [0.5, 0.6) is 0 Å². The van der Waals surface area contributed by atoms with Crippen LogP contribution >= 0.6 is 0 Å². The fraction of sp³-hybridized carbons (Fsp3) is 0.692. The molecule has 0 aromatic rings. The third-order valence-electron chi connectivity index (χ3n) is 8.24. The van der Waals surface area contributed by atoms with Gasteiger partial charge < -0.3 is 0 Å². The highest BCUT2D eigenvalue weighted by molar-refractivity contribution is 6.82. The fourth-order valence-corrected chi connectivity index (χ4v) is 10.8. The minimum atomic E-state index is -1.47. The minimum absolute atomic E-state index is 0.766. The van der Waals surface area contributed by atoms with Crippen molar-refractivity contribution in [3.05, 3.63) is 45.6 Å². The van der Waals surface area contributed by atoms with Crippen molar-refractivity contribution < 1.29 is 0 Å². The number of hydrogen-bond donors (Lipinski definition) is 0. The highest BCUT2D eigenvalue weighted by Crippen LogP contribution is 2.54. The third kappa shape index (κ3) is 3.61. The van der Waals surface area contributed by atoms with Gasteiger partial charge in [-0.25, -0.2) is 0 Å². The lowest BCUT2D eigenvalue weighted by atomic mass is 9.92. The average Bonchev–Trinajstić information content (AvgIpc) is 3.05. The van der Waals surface area contributed by atoms with Gasteiger partial charge in [0.05, 0.1) is 8.07 Å². The largest absolute Gasteiger partial charge is 0.0765 e. The Morgan fingerprint density at radius 3 is 1.37 bits per heavy atom. The molecule has 27 heavy (non-hydrogen) atoms. The average molecular weight is 381 g/mol. The zero-order valence-electron chi connectivity index (χ0n) is 18.3. The van der Waals surface area contributed by atoms with E-state index >= 15 is 0 Å². The van der Waals surface area contributed by atoms with Gasteiger partial charge in [0.15, 0.2) is 0 Å². The van der Waals surface area contributed by atoms with Gasteiger partial charge in [0.2, 0.25) is 0 Å². The molecule has 4 rings (SSSR count). The van der Waals surface area contributed by atoms with Crippen molar-refractivity contribution in [1.29, 1.82) is 0 Å². The molecule has 0 nitrogen and oxygen atoms in total. The highest BCUT2D eigenvalue weighted by Gasteiger charge is 2.44. The summed E-state index contributed by atoms with van der Waals surface area (Å²) < 4.78 is 0. The van der Waals surface area contributed by atoms with Crippen molar-refractivity contribution in [1.82, 2.24) is 0 Å². The molecule has 0 radical (unpaired) electrons. The zero-order chi connectivity index (χ0) is 19.0. The Bertz CT molecular complexity index is 652. The first kappa shape index (κ1) is 19.5. The van der Waals surface area contributed by atoms with Crippen LogP contribution < -0.4 is 0 Å². The van der Waals surface area contributed by atoms with Crippen molar-refractivity contribution in [3.8, 4) is 0 Å². The minimum Gasteiger partial charge on any atom is -0.0765 e. The molecule has 2 fully saturated rings. The zero-order valence-corrected chi connectivity index (χ0v) is 19.3. The Kier molecular flexibility index (Phi) is 5.70. The molecule has 2 saturated carbocycles. The predicted octanol–water partition coefficient (Wildman–Crippen LogP) is 8.66. The summed E-state index contributed by atoms with van der Waals surface area (Å²) in [5, 5.41) is 0. The van der Waals surface area contributed by atoms with Crippen molar-refractivity contribution >= 4 is 8.07 Å². The lowest BCUT2D eigenvalue weighted by molar-refractivity contribution is 0.614. The summed E-state index contributed by atoms with van der Waals surface area (Å²) in [5.41, 5.74) is 12.1. The normalized spacial score (nSPS) is 30.1. The van der Waals surface area contributed by atoms with Crippen molar-refractivity contribution in [3.63, 3.8) is 0 Å². The van der Waals surface area contributed by atoms with Crippen LogP contribution in [0.15, 0.2) is 45.6 Å². The van der Waals surface area contributed by atoms with E-state index in [1.165, 1.54) is 77.0 Å². The summed E-state index contributed by atoms with van der Waals surface area (Å²) in [4.78, 5) is 0. The molecule has 0 spiro atoms. The lowest BCUT2D eigenvalue weighted by Gasteiger charge is -2.36. The fourth-order valence-electron chi connectivity index (χ4n) is 6.60. The topological polar surface area (TPSA) is 0 Å². The van der Waals surface area contributed by atoms with E-state index in [0.717, 1.165) is 11.1 Å². The second-order valence-corrected chi connectivity index (χ2v) is 15.2. The molecule has 0 saturated heterocycles. The van der Waals surface area contributed by atoms with Crippen LogP contribution in [0.4, 0.5) is 0 Å². The third-order valence-corrected chi connectivity index (χ3v) is 12.7. The molecule has 2 atom stereocenters. The van der Waals surface area contributed by atoms with Crippen molar-refractivity contribution in [2.45, 2.75) is 115 Å². The van der Waals surface area contributed by atoms with Gasteiger partial charge in [0.1, 0.15) is 0 Å². The monoisotopic (exact) mass is 380 g/mol. The van der Waals surface area contributed by atoms with Gasteiger partial charge in [-0.05, 0) is 98.6 Å². The quantitative estimate of drug-likeness (QED) is 0.420. The molecule has 0 heterocycles. The van der Waals surface area contributed by atoms with Crippen LogP contribution in [0.1, 0.15) is 90.9 Å². The summed E-state index contributed by atoms with van der Waals surface area (Å²) >= 11 is 0. The van der Waals surface area contributed by atoms with Crippen molar-refractivity contribution in [2.75, 3.05) is 0 Å². The van der Waals surface area contributed by atoms with E-state index in [9.17, 15) is 0 Å². The smallest absolute Gasteiger partial charge is 0.0706 e. The molecule has 0 N–H and O–H groups in total. The summed E-state index contributed by atoms with van der Waals surface area (Å²) in [6, 6.07) is 0. The highest BCUT2D eigenvalue weighted by atomic mass is 28.3. The molecule has 0 amide bonds. The number of rotatable bonds is 2. The molecule has 4 aliphatic carbocycles. The lowest BCUT2D eigenvalue weighted by Crippen LogP contribution is -2.37. The maximum absolute atomic E-state index is 2.76. The molecule has 2 unspecified atom stereocenters. The first-order chi connectivity index (χ1) is 13.0. The Labute approximate surface area is 168 Å². The van der Waals surface area contributed by atoms with E-state index in [1.54, 1.807) is 33.4 Å². The Morgan fingerprint density at radius 2 is 0.963 bits per heavy atom. The molecule has 0 aromatic carbocycles. The van der Waals surface area contributed by atoms with Crippen LogP contribution in [0.2, 0.25) is 24.2 Å². The Balaban J connectivity index is 1.65. The predicted molar refractivity (Wildman–Crippen MR) is 122 cm³/mol. The summed E-state index contributed by atoms with van der Waals surface area (Å²) in [7, 11) is -1.47. The van der Waals surface area contributed by atoms with Gasteiger partial charge in [0.25, 0.3) is 0 Å². The van der Waals surface area contributed by atoms with Gasteiger partial charge in [-0.3, -0.25) is 0 Å². The maximum Gasteiger partial charge on any atom is 0.0706 e. The van der Waals surface area contributed by atoms with Gasteiger partial charge in [0, 0.05) is 0 Å². The van der Waals surface area contributed by atoms with Crippen LogP contribution in [0.25, 0.3) is 0 Å². The first-order valence-electron chi connectivity index (χ1n) is 11.8. The molecule has 0 aliphatic heterocycles. The molecular formula is C26H40Si. The summed E-state index contributed by atoms with van der Waals surface area (Å²) in [6.45, 7) is 10.4. The van der Waals surface area contributed by atoms with E-state index in [1.807, 2.05) is 0 Å². The van der Waals surface area contributed by atoms with Crippen LogP contribution in [0, 0.1) is 0 Å². The van der Waals surface area contributed by atoms with Gasteiger partial charge >= 0.3 is 0 Å². The maximum atomic E-state index is 2.76. The van der Waals surface area contributed by atoms with Gasteiger partial charge in [-0.1, -0.05) is 62.1 Å². The van der Waals surface area contributed by atoms with E-state index in [4.69, 9.17) is 0 Å². The summed E-state index contributed by atoms with van der Waals surface area (Å²) in [6.07, 6.45) is 22.3. The van der Waals surface area contributed by atoms with Gasteiger partial charge in [-0.15, -0.1) is 0 Å². The number of allylic oxidation sites excluding steroid dienone is 8. The van der Waals surface area contributed by atoms with E-state index < -0.39 is 8.07 Å². The molecule has 4 aliphatic rings. The molecular weight excluding hydrogens is 340 g/mol. The molecule has 1 heteroatoms. The van der Waals surface area contributed by atoms with Crippen molar-refractivity contribution in [2.24, 2.45) is 0 Å². The Hall–Kier alpha value is -0.823. The second-order valence-electron chi connectivity index (χ2n) is 10.3. The van der Waals surface area contributed by atoms with E-state index in [-0.39, 0.29) is 0 Å². The van der Waals surface area contributed by atoms with Crippen LogP contribution in [0.3, 0.4) is 0 Å². The standard InChI is InChI=1S/C26H40Si/c1-19-23-15-11-7-5-9-13-21(23)17-25(19)27(3,4)26-18-22-14-10-6-8-12-16-24(22)20(26)2/h17-18,25-26H,5-16H2,1-4H3. The van der Waals surface area contributed by atoms with Gasteiger partial charge in [-0.2, -0.15) is 0 Å². The SMILES string of the molecule is CC1=C2CCCCCCC2=CC1[Si](C)(C)C1C=C2CCCCCCC2=C1C.